The number of benzene rings is 2. The van der Waals surface area contributed by atoms with Crippen LogP contribution in [0.5, 0.6) is 11.5 Å². The number of amides is 1. The molecule has 1 amide bonds. The van der Waals surface area contributed by atoms with Gasteiger partial charge in [-0.3, -0.25) is 4.79 Å². The van der Waals surface area contributed by atoms with Gasteiger partial charge in [-0.05, 0) is 42.8 Å². The fraction of sp³-hybridized carbons (Fsp3) is 0.200. The summed E-state index contributed by atoms with van der Waals surface area (Å²) in [6.45, 7) is 3.00. The number of nitrogens with one attached hydrogen (secondary N) is 1. The van der Waals surface area contributed by atoms with Gasteiger partial charge in [-0.2, -0.15) is 0 Å². The summed E-state index contributed by atoms with van der Waals surface area (Å²) >= 11 is 5.10. The Bertz CT molecular complexity index is 998. The number of para-hydroxylation sites is 1. The molecule has 5 nitrogen and oxygen atoms in total. The van der Waals surface area contributed by atoms with Crippen molar-refractivity contribution in [1.82, 2.24) is 10.3 Å². The van der Waals surface area contributed by atoms with E-state index in [1.165, 1.54) is 6.08 Å². The molecule has 138 valence electrons. The number of aromatic nitrogens is 1. The molecule has 7 heteroatoms. The van der Waals surface area contributed by atoms with Crippen LogP contribution in [0, 0.1) is 0 Å². The number of thiazole rings is 1. The molecule has 0 spiro atoms. The first-order valence-electron chi connectivity index (χ1n) is 8.53. The molecule has 27 heavy (non-hydrogen) atoms. The van der Waals surface area contributed by atoms with E-state index in [0.29, 0.717) is 24.7 Å². The van der Waals surface area contributed by atoms with Crippen LogP contribution in [0.3, 0.4) is 0 Å². The predicted molar refractivity (Wildman–Crippen MR) is 110 cm³/mol. The maximum Gasteiger partial charge on any atom is 0.244 e. The molecule has 0 saturated heterocycles. The lowest BCUT2D eigenvalue weighted by Crippen LogP contribution is -2.25. The fourth-order valence-corrected chi connectivity index (χ4v) is 4.40. The average Bonchev–Trinajstić information content (AvgIpc) is 3.08. The van der Waals surface area contributed by atoms with E-state index < -0.39 is 0 Å². The zero-order chi connectivity index (χ0) is 18.8. The van der Waals surface area contributed by atoms with Crippen LogP contribution >= 0.6 is 27.3 Å². The van der Waals surface area contributed by atoms with Crippen LogP contribution in [0.25, 0.3) is 16.3 Å². The Kier molecular flexibility index (Phi) is 5.13. The lowest BCUT2D eigenvalue weighted by molar-refractivity contribution is -0.117. The molecule has 0 bridgehead atoms. The van der Waals surface area contributed by atoms with Crippen molar-refractivity contribution >= 4 is 49.5 Å². The molecule has 2 heterocycles. The van der Waals surface area contributed by atoms with Gasteiger partial charge < -0.3 is 14.8 Å². The normalized spacial score (nSPS) is 14.4. The molecule has 1 N–H and O–H groups in total. The van der Waals surface area contributed by atoms with Gasteiger partial charge in [0.1, 0.15) is 18.2 Å². The van der Waals surface area contributed by atoms with Gasteiger partial charge in [0.25, 0.3) is 0 Å². The molecule has 1 aliphatic rings. The summed E-state index contributed by atoms with van der Waals surface area (Å²) in [5, 5.41) is 3.78. The second kappa shape index (κ2) is 7.70. The summed E-state index contributed by atoms with van der Waals surface area (Å²) < 4.78 is 13.2. The van der Waals surface area contributed by atoms with Crippen LogP contribution in [0.1, 0.15) is 23.5 Å². The molecule has 0 fully saturated rings. The highest BCUT2D eigenvalue weighted by Crippen LogP contribution is 2.37. The molecule has 0 radical (unpaired) electrons. The van der Waals surface area contributed by atoms with Crippen molar-refractivity contribution in [1.29, 1.82) is 0 Å². The monoisotopic (exact) mass is 444 g/mol. The van der Waals surface area contributed by atoms with Gasteiger partial charge in [0, 0.05) is 10.5 Å². The van der Waals surface area contributed by atoms with E-state index in [4.69, 9.17) is 9.47 Å². The van der Waals surface area contributed by atoms with Crippen LogP contribution < -0.4 is 14.8 Å². The number of hydrogen-bond donors (Lipinski definition) is 1. The van der Waals surface area contributed by atoms with Crippen LogP contribution in [0.4, 0.5) is 0 Å². The molecular formula is C20H17BrN2O3S. The average molecular weight is 445 g/mol. The number of nitrogens with zero attached hydrogens (tertiary/aromatic N) is 1. The second-order valence-corrected chi connectivity index (χ2v) is 8.02. The first kappa shape index (κ1) is 18.0. The smallest absolute Gasteiger partial charge is 0.244 e. The highest BCUT2D eigenvalue weighted by Gasteiger charge is 2.18. The third-order valence-electron chi connectivity index (χ3n) is 4.17. The van der Waals surface area contributed by atoms with E-state index in [1.54, 1.807) is 17.4 Å². The van der Waals surface area contributed by atoms with Gasteiger partial charge in [0.2, 0.25) is 5.91 Å². The Balaban J connectivity index is 1.46. The lowest BCUT2D eigenvalue weighted by Gasteiger charge is -2.22. The topological polar surface area (TPSA) is 60.5 Å². The molecule has 4 rings (SSSR count). The standard InChI is InChI=1S/C20H17BrN2O3S/c1-12(13-10-16-17(11-14(13)21)26-9-8-25-16)22-19(24)6-7-20-23-15-4-2-3-5-18(15)27-20/h2-7,10-12H,8-9H2,1H3,(H,22,24)/b7-6+. The van der Waals surface area contributed by atoms with Crippen LogP contribution in [-0.2, 0) is 4.79 Å². The van der Waals surface area contributed by atoms with E-state index in [9.17, 15) is 4.79 Å². The van der Waals surface area contributed by atoms with Gasteiger partial charge in [-0.1, -0.05) is 28.1 Å². The number of hydrogen-bond acceptors (Lipinski definition) is 5. The van der Waals surface area contributed by atoms with Crippen molar-refractivity contribution in [2.75, 3.05) is 13.2 Å². The van der Waals surface area contributed by atoms with Crippen molar-refractivity contribution in [3.63, 3.8) is 0 Å². The zero-order valence-corrected chi connectivity index (χ0v) is 17.0. The summed E-state index contributed by atoms with van der Waals surface area (Å²) in [4.78, 5) is 16.8. The second-order valence-electron chi connectivity index (χ2n) is 6.10. The molecule has 3 aromatic rings. The number of ether oxygens (including phenoxy) is 2. The lowest BCUT2D eigenvalue weighted by atomic mass is 10.1. The quantitative estimate of drug-likeness (QED) is 0.591. The fourth-order valence-electron chi connectivity index (χ4n) is 2.86. The van der Waals surface area contributed by atoms with Gasteiger partial charge >= 0.3 is 0 Å². The largest absolute Gasteiger partial charge is 0.486 e. The number of rotatable bonds is 4. The molecule has 2 aromatic carbocycles. The van der Waals surface area contributed by atoms with Crippen molar-refractivity contribution in [2.45, 2.75) is 13.0 Å². The van der Waals surface area contributed by atoms with E-state index in [0.717, 1.165) is 25.3 Å². The van der Waals surface area contributed by atoms with Crippen molar-refractivity contribution in [3.05, 3.63) is 57.5 Å². The Morgan fingerprint density at radius 1 is 1.26 bits per heavy atom. The summed E-state index contributed by atoms with van der Waals surface area (Å²) in [5.41, 5.74) is 1.87. The molecule has 0 saturated carbocycles. The molecule has 1 unspecified atom stereocenters. The van der Waals surface area contributed by atoms with Crippen molar-refractivity contribution < 1.29 is 14.3 Å². The maximum absolute atomic E-state index is 12.3. The summed E-state index contributed by atoms with van der Waals surface area (Å²) in [5.74, 6) is 1.24. The van der Waals surface area contributed by atoms with Crippen LogP contribution in [0.2, 0.25) is 0 Å². The van der Waals surface area contributed by atoms with Crippen LogP contribution in [-0.4, -0.2) is 24.1 Å². The predicted octanol–water partition coefficient (Wildman–Crippen LogP) is 4.72. The van der Waals surface area contributed by atoms with E-state index >= 15 is 0 Å². The first-order chi connectivity index (χ1) is 13.1. The Hall–Kier alpha value is -2.38. The van der Waals surface area contributed by atoms with Crippen LogP contribution in [0.15, 0.2) is 46.9 Å². The van der Waals surface area contributed by atoms with E-state index in [2.05, 4.69) is 26.2 Å². The summed E-state index contributed by atoms with van der Waals surface area (Å²) in [7, 11) is 0. The highest BCUT2D eigenvalue weighted by atomic mass is 79.9. The summed E-state index contributed by atoms with van der Waals surface area (Å²) in [6, 6.07) is 11.5. The molecule has 1 aliphatic heterocycles. The summed E-state index contributed by atoms with van der Waals surface area (Å²) in [6.07, 6.45) is 3.26. The van der Waals surface area contributed by atoms with Gasteiger partial charge in [0.15, 0.2) is 11.5 Å². The van der Waals surface area contributed by atoms with E-state index in [-0.39, 0.29) is 11.9 Å². The minimum Gasteiger partial charge on any atom is -0.486 e. The van der Waals surface area contributed by atoms with Gasteiger partial charge in [-0.25, -0.2) is 4.98 Å². The number of carbonyl (C=O) groups excluding carboxylic acids is 1. The molecule has 1 atom stereocenters. The molecule has 1 aromatic heterocycles. The van der Waals surface area contributed by atoms with E-state index in [1.807, 2.05) is 43.3 Å². The number of fused-ring (bicyclic) bond motifs is 2. The van der Waals surface area contributed by atoms with Gasteiger partial charge in [0.05, 0.1) is 16.3 Å². The minimum atomic E-state index is -0.192. The SMILES string of the molecule is CC(NC(=O)/C=C/c1nc2ccccc2s1)c1cc2c(cc1Br)OCCO2. The van der Waals surface area contributed by atoms with Crippen molar-refractivity contribution in [3.8, 4) is 11.5 Å². The third-order valence-corrected chi connectivity index (χ3v) is 5.86. The maximum atomic E-state index is 12.3. The van der Waals surface area contributed by atoms with Gasteiger partial charge in [-0.15, -0.1) is 11.3 Å². The molecule has 0 aliphatic carbocycles. The Morgan fingerprint density at radius 2 is 2.00 bits per heavy atom. The first-order valence-corrected chi connectivity index (χ1v) is 10.1. The number of halogens is 1. The Morgan fingerprint density at radius 3 is 2.78 bits per heavy atom. The molecular weight excluding hydrogens is 428 g/mol. The highest BCUT2D eigenvalue weighted by molar-refractivity contribution is 9.10. The minimum absolute atomic E-state index is 0.177. The zero-order valence-electron chi connectivity index (χ0n) is 14.6. The third kappa shape index (κ3) is 3.99. The Labute approximate surface area is 169 Å². The number of carbonyl (C=O) groups is 1. The van der Waals surface area contributed by atoms with Crippen molar-refractivity contribution in [2.24, 2.45) is 0 Å².